The van der Waals surface area contributed by atoms with Gasteiger partial charge in [0.25, 0.3) is 5.69 Å². The lowest BCUT2D eigenvalue weighted by molar-refractivity contribution is -0.384. The van der Waals surface area contributed by atoms with Crippen LogP contribution >= 0.6 is 0 Å². The first-order valence-corrected chi connectivity index (χ1v) is 9.82. The van der Waals surface area contributed by atoms with Crippen LogP contribution in [0.15, 0.2) is 48.7 Å². The zero-order valence-corrected chi connectivity index (χ0v) is 17.5. The van der Waals surface area contributed by atoms with Gasteiger partial charge >= 0.3 is 5.97 Å². The van der Waals surface area contributed by atoms with Gasteiger partial charge in [-0.15, -0.1) is 0 Å². The van der Waals surface area contributed by atoms with Crippen LogP contribution < -0.4 is 4.74 Å². The summed E-state index contributed by atoms with van der Waals surface area (Å²) in [4.78, 5) is 23.5. The first-order valence-electron chi connectivity index (χ1n) is 9.82. The van der Waals surface area contributed by atoms with Gasteiger partial charge in [0.05, 0.1) is 24.0 Å². The molecule has 0 aliphatic carbocycles. The Morgan fingerprint density at radius 1 is 1.26 bits per heavy atom. The number of aryl methyl sites for hydroxylation is 2. The van der Waals surface area contributed by atoms with Gasteiger partial charge in [-0.25, -0.2) is 4.79 Å². The molecule has 1 heterocycles. The molecule has 0 saturated heterocycles. The Morgan fingerprint density at radius 2 is 1.97 bits per heavy atom. The number of benzene rings is 2. The molecule has 0 aliphatic rings. The van der Waals surface area contributed by atoms with Crippen LogP contribution in [0.5, 0.6) is 5.75 Å². The molecule has 2 aromatic carbocycles. The summed E-state index contributed by atoms with van der Waals surface area (Å²) in [7, 11) is 0. The minimum atomic E-state index is -0.583. The van der Waals surface area contributed by atoms with E-state index >= 15 is 0 Å². The number of hydrogen-bond acceptors (Lipinski definition) is 6. The Balaban J connectivity index is 1.98. The third-order valence-corrected chi connectivity index (χ3v) is 4.87. The lowest BCUT2D eigenvalue weighted by atomic mass is 10.0. The zero-order valence-electron chi connectivity index (χ0n) is 17.5. The standard InChI is InChI=1S/C23H22N4O4/c1-15(2)18-6-5-16(3)21(13-18)31-23(28)20-14-26(12-4-11-24)25-22(20)17-7-9-19(10-8-17)27(29)30/h5-10,13-15H,4,12H2,1-3H3. The number of carbonyl (C=O) groups is 1. The minimum absolute atomic E-state index is 0.0575. The van der Waals surface area contributed by atoms with Gasteiger partial charge in [0.2, 0.25) is 0 Å². The van der Waals surface area contributed by atoms with E-state index in [9.17, 15) is 14.9 Å². The fraction of sp³-hybridized carbons (Fsp3) is 0.261. The summed E-state index contributed by atoms with van der Waals surface area (Å²) >= 11 is 0. The molecule has 0 unspecified atom stereocenters. The number of nitro benzene ring substituents is 1. The second kappa shape index (κ2) is 9.22. The minimum Gasteiger partial charge on any atom is -0.423 e. The van der Waals surface area contributed by atoms with E-state index in [-0.39, 0.29) is 23.6 Å². The van der Waals surface area contributed by atoms with Crippen LogP contribution in [0, 0.1) is 28.4 Å². The van der Waals surface area contributed by atoms with E-state index in [1.165, 1.54) is 35.1 Å². The lowest BCUT2D eigenvalue weighted by Crippen LogP contribution is -2.10. The molecule has 0 saturated carbocycles. The molecule has 0 bridgehead atoms. The van der Waals surface area contributed by atoms with Gasteiger partial charge in [0.1, 0.15) is 17.0 Å². The fourth-order valence-corrected chi connectivity index (χ4v) is 3.04. The molecule has 8 heteroatoms. The molecule has 0 radical (unpaired) electrons. The molecular formula is C23H22N4O4. The fourth-order valence-electron chi connectivity index (χ4n) is 3.04. The first kappa shape index (κ1) is 21.7. The van der Waals surface area contributed by atoms with Crippen LogP contribution in [0.3, 0.4) is 0 Å². The van der Waals surface area contributed by atoms with E-state index in [1.54, 1.807) is 0 Å². The van der Waals surface area contributed by atoms with Gasteiger partial charge in [0.15, 0.2) is 0 Å². The van der Waals surface area contributed by atoms with E-state index in [0.717, 1.165) is 11.1 Å². The smallest absolute Gasteiger partial charge is 0.347 e. The molecule has 0 fully saturated rings. The van der Waals surface area contributed by atoms with Crippen LogP contribution in [0.2, 0.25) is 0 Å². The van der Waals surface area contributed by atoms with Crippen LogP contribution in [0.25, 0.3) is 11.3 Å². The van der Waals surface area contributed by atoms with Crippen molar-refractivity contribution in [1.82, 2.24) is 9.78 Å². The van der Waals surface area contributed by atoms with Crippen molar-refractivity contribution in [1.29, 1.82) is 5.26 Å². The number of nitro groups is 1. The maximum absolute atomic E-state index is 13.1. The molecule has 1 aromatic heterocycles. The van der Waals surface area contributed by atoms with Crippen molar-refractivity contribution < 1.29 is 14.5 Å². The summed E-state index contributed by atoms with van der Waals surface area (Å²) in [5.41, 5.74) is 2.93. The second-order valence-electron chi connectivity index (χ2n) is 7.44. The average molecular weight is 418 g/mol. The molecule has 0 N–H and O–H groups in total. The average Bonchev–Trinajstić information content (AvgIpc) is 3.18. The van der Waals surface area contributed by atoms with Crippen molar-refractivity contribution in [2.45, 2.75) is 39.7 Å². The van der Waals surface area contributed by atoms with Crippen molar-refractivity contribution >= 4 is 11.7 Å². The third-order valence-electron chi connectivity index (χ3n) is 4.87. The molecule has 8 nitrogen and oxygen atoms in total. The van der Waals surface area contributed by atoms with Gasteiger partial charge in [-0.05, 0) is 42.2 Å². The molecule has 31 heavy (non-hydrogen) atoms. The quantitative estimate of drug-likeness (QED) is 0.230. The number of esters is 1. The first-order chi connectivity index (χ1) is 14.8. The highest BCUT2D eigenvalue weighted by Crippen LogP contribution is 2.28. The number of aromatic nitrogens is 2. The number of carbonyl (C=O) groups excluding carboxylic acids is 1. The number of non-ortho nitro benzene ring substituents is 1. The Kier molecular flexibility index (Phi) is 6.46. The Labute approximate surface area is 179 Å². The molecule has 0 amide bonds. The van der Waals surface area contributed by atoms with Crippen LogP contribution in [0.4, 0.5) is 5.69 Å². The Morgan fingerprint density at radius 3 is 2.58 bits per heavy atom. The Hall–Kier alpha value is -3.99. The summed E-state index contributed by atoms with van der Waals surface area (Å²) in [6, 6.07) is 13.6. The SMILES string of the molecule is Cc1ccc(C(C)C)cc1OC(=O)c1cn(CCC#N)nc1-c1ccc([N+](=O)[O-])cc1. The van der Waals surface area contributed by atoms with Gasteiger partial charge in [-0.2, -0.15) is 10.4 Å². The summed E-state index contributed by atoms with van der Waals surface area (Å²) in [5.74, 6) is 0.165. The highest BCUT2D eigenvalue weighted by Gasteiger charge is 2.21. The van der Waals surface area contributed by atoms with Crippen LogP contribution in [0.1, 0.15) is 47.7 Å². The molecular weight excluding hydrogens is 396 g/mol. The summed E-state index contributed by atoms with van der Waals surface area (Å²) in [6.07, 6.45) is 1.77. The van der Waals surface area contributed by atoms with Crippen LogP contribution in [-0.2, 0) is 6.54 Å². The van der Waals surface area contributed by atoms with E-state index in [0.29, 0.717) is 23.6 Å². The molecule has 0 aliphatic heterocycles. The number of nitriles is 1. The van der Waals surface area contributed by atoms with Crippen molar-refractivity contribution in [3.05, 3.63) is 75.5 Å². The molecule has 0 spiro atoms. The third kappa shape index (κ3) is 4.95. The molecule has 3 aromatic rings. The monoisotopic (exact) mass is 418 g/mol. The van der Waals surface area contributed by atoms with Gasteiger partial charge in [0, 0.05) is 23.9 Å². The summed E-state index contributed by atoms with van der Waals surface area (Å²) in [5, 5.41) is 24.2. The second-order valence-corrected chi connectivity index (χ2v) is 7.44. The van der Waals surface area contributed by atoms with Crippen molar-refractivity contribution in [3.8, 4) is 23.1 Å². The zero-order chi connectivity index (χ0) is 22.5. The Bertz CT molecular complexity index is 1160. The van der Waals surface area contributed by atoms with Gasteiger partial charge in [-0.3, -0.25) is 14.8 Å². The van der Waals surface area contributed by atoms with E-state index in [2.05, 4.69) is 18.9 Å². The van der Waals surface area contributed by atoms with E-state index < -0.39 is 10.9 Å². The summed E-state index contributed by atoms with van der Waals surface area (Å²) in [6.45, 7) is 6.29. The molecule has 0 atom stereocenters. The largest absolute Gasteiger partial charge is 0.423 e. The maximum atomic E-state index is 13.1. The maximum Gasteiger partial charge on any atom is 0.347 e. The topological polar surface area (TPSA) is 111 Å². The number of hydrogen-bond donors (Lipinski definition) is 0. The predicted octanol–water partition coefficient (Wildman–Crippen LogP) is 5.02. The van der Waals surface area contributed by atoms with Gasteiger partial charge < -0.3 is 4.74 Å². The number of ether oxygens (including phenoxy) is 1. The predicted molar refractivity (Wildman–Crippen MR) is 115 cm³/mol. The van der Waals surface area contributed by atoms with Gasteiger partial charge in [-0.1, -0.05) is 26.0 Å². The molecule has 3 rings (SSSR count). The lowest BCUT2D eigenvalue weighted by Gasteiger charge is -2.11. The van der Waals surface area contributed by atoms with E-state index in [4.69, 9.17) is 10.00 Å². The van der Waals surface area contributed by atoms with Crippen molar-refractivity contribution in [2.75, 3.05) is 0 Å². The number of nitrogens with zero attached hydrogens (tertiary/aromatic N) is 4. The normalized spacial score (nSPS) is 10.7. The highest BCUT2D eigenvalue weighted by atomic mass is 16.6. The highest BCUT2D eigenvalue weighted by molar-refractivity contribution is 5.97. The van der Waals surface area contributed by atoms with Crippen LogP contribution in [-0.4, -0.2) is 20.7 Å². The molecule has 158 valence electrons. The van der Waals surface area contributed by atoms with E-state index in [1.807, 2.05) is 31.2 Å². The van der Waals surface area contributed by atoms with Crippen molar-refractivity contribution in [3.63, 3.8) is 0 Å². The van der Waals surface area contributed by atoms with Crippen molar-refractivity contribution in [2.24, 2.45) is 0 Å². The number of rotatable bonds is 7. The summed E-state index contributed by atoms with van der Waals surface area (Å²) < 4.78 is 7.21.